The van der Waals surface area contributed by atoms with E-state index in [-0.39, 0.29) is 5.92 Å². The lowest BCUT2D eigenvalue weighted by Crippen LogP contribution is -2.22. The molecule has 0 N–H and O–H groups in total. The minimum absolute atomic E-state index is 0.163. The molecule has 0 heterocycles. The smallest absolute Gasteiger partial charge is 0.163 e. The Bertz CT molecular complexity index is 970. The molecule has 2 fully saturated rings. The van der Waals surface area contributed by atoms with Crippen molar-refractivity contribution < 1.29 is 4.79 Å². The Kier molecular flexibility index (Phi) is 7.14. The third kappa shape index (κ3) is 5.51. The number of ketones is 1. The third-order valence-electron chi connectivity index (χ3n) is 8.58. The summed E-state index contributed by atoms with van der Waals surface area (Å²) in [5.41, 5.74) is 7.93. The lowest BCUT2D eigenvalue weighted by molar-refractivity contribution is -0.117. The first-order valence-electron chi connectivity index (χ1n) is 13.6. The Labute approximate surface area is 200 Å². The second kappa shape index (κ2) is 10.4. The molecule has 174 valence electrons. The normalized spacial score (nSPS) is 27.2. The third-order valence-corrected chi connectivity index (χ3v) is 8.58. The van der Waals surface area contributed by atoms with Crippen molar-refractivity contribution in [2.45, 2.75) is 89.9 Å². The standard InChI is InChI=1S/C32H40O/c1-23(29-21-28-12-5-6-13-31(28)32(33)22-29)14-15-26-19-27-17-16-25(18-30(27)20-26)11-7-10-24-8-3-2-4-9-24/h16-22,24,30-31H,1-15H2. The average Bonchev–Trinajstić information content (AvgIpc) is 3.25. The summed E-state index contributed by atoms with van der Waals surface area (Å²) in [6.07, 6.45) is 33.9. The van der Waals surface area contributed by atoms with Gasteiger partial charge in [-0.3, -0.25) is 4.79 Å². The molecule has 33 heavy (non-hydrogen) atoms. The van der Waals surface area contributed by atoms with Crippen molar-refractivity contribution in [2.24, 2.45) is 17.8 Å². The summed E-state index contributed by atoms with van der Waals surface area (Å²) in [6, 6.07) is 0. The Morgan fingerprint density at radius 1 is 0.879 bits per heavy atom. The summed E-state index contributed by atoms with van der Waals surface area (Å²) in [5.74, 6) is 1.92. The van der Waals surface area contributed by atoms with E-state index >= 15 is 0 Å². The molecule has 1 heteroatoms. The Morgan fingerprint density at radius 2 is 1.70 bits per heavy atom. The predicted octanol–water partition coefficient (Wildman–Crippen LogP) is 8.68. The van der Waals surface area contributed by atoms with Crippen molar-refractivity contribution in [1.29, 1.82) is 0 Å². The van der Waals surface area contributed by atoms with Gasteiger partial charge in [-0.15, -0.1) is 0 Å². The van der Waals surface area contributed by atoms with Gasteiger partial charge in [0.25, 0.3) is 0 Å². The van der Waals surface area contributed by atoms with Crippen LogP contribution in [0.3, 0.4) is 0 Å². The van der Waals surface area contributed by atoms with Gasteiger partial charge in [0.1, 0.15) is 0 Å². The largest absolute Gasteiger partial charge is 0.294 e. The van der Waals surface area contributed by atoms with Gasteiger partial charge in [0.2, 0.25) is 0 Å². The zero-order valence-electron chi connectivity index (χ0n) is 20.3. The molecular formula is C32H40O. The maximum atomic E-state index is 12.6. The van der Waals surface area contributed by atoms with Crippen LogP contribution in [0.5, 0.6) is 0 Å². The molecule has 0 spiro atoms. The van der Waals surface area contributed by atoms with Crippen LogP contribution in [0.4, 0.5) is 0 Å². The van der Waals surface area contributed by atoms with E-state index in [2.05, 4.69) is 43.0 Å². The fraction of sp³-hybridized carbons (Fsp3) is 0.531. The zero-order chi connectivity index (χ0) is 22.6. The molecule has 0 aromatic heterocycles. The number of carbonyl (C=O) groups is 1. The average molecular weight is 441 g/mol. The van der Waals surface area contributed by atoms with Gasteiger partial charge in [-0.2, -0.15) is 0 Å². The lowest BCUT2D eigenvalue weighted by atomic mass is 9.76. The van der Waals surface area contributed by atoms with Crippen molar-refractivity contribution in [2.75, 3.05) is 0 Å². The topological polar surface area (TPSA) is 17.1 Å². The number of rotatable bonds is 8. The number of allylic oxidation sites excluding steroid dienone is 13. The second-order valence-corrected chi connectivity index (χ2v) is 11.0. The van der Waals surface area contributed by atoms with Crippen LogP contribution >= 0.6 is 0 Å². The molecule has 5 aliphatic rings. The van der Waals surface area contributed by atoms with Crippen LogP contribution in [0.15, 0.2) is 82.5 Å². The van der Waals surface area contributed by atoms with Gasteiger partial charge >= 0.3 is 0 Å². The molecule has 0 amide bonds. The van der Waals surface area contributed by atoms with E-state index in [4.69, 9.17) is 0 Å². The maximum Gasteiger partial charge on any atom is 0.163 e. The molecule has 0 radical (unpaired) electrons. The van der Waals surface area contributed by atoms with Gasteiger partial charge in [-0.05, 0) is 73.7 Å². The number of carbonyl (C=O) groups excluding carboxylic acids is 1. The monoisotopic (exact) mass is 440 g/mol. The summed E-state index contributed by atoms with van der Waals surface area (Å²) < 4.78 is 0. The predicted molar refractivity (Wildman–Crippen MR) is 139 cm³/mol. The molecule has 1 nitrogen and oxygen atoms in total. The maximum absolute atomic E-state index is 12.6. The summed E-state index contributed by atoms with van der Waals surface area (Å²) in [7, 11) is 0. The van der Waals surface area contributed by atoms with Crippen LogP contribution in [-0.2, 0) is 4.79 Å². The van der Waals surface area contributed by atoms with Crippen LogP contribution in [0.2, 0.25) is 0 Å². The summed E-state index contributed by atoms with van der Waals surface area (Å²) >= 11 is 0. The van der Waals surface area contributed by atoms with Crippen LogP contribution < -0.4 is 0 Å². The zero-order valence-corrected chi connectivity index (χ0v) is 20.3. The van der Waals surface area contributed by atoms with Gasteiger partial charge in [0, 0.05) is 11.8 Å². The molecule has 2 saturated carbocycles. The lowest BCUT2D eigenvalue weighted by Gasteiger charge is -2.27. The van der Waals surface area contributed by atoms with E-state index in [0.717, 1.165) is 42.7 Å². The minimum Gasteiger partial charge on any atom is -0.294 e. The summed E-state index contributed by atoms with van der Waals surface area (Å²) in [6.45, 7) is 4.35. The first-order valence-corrected chi connectivity index (χ1v) is 13.6. The van der Waals surface area contributed by atoms with E-state index in [0.29, 0.717) is 11.7 Å². The number of fused-ring (bicyclic) bond motifs is 2. The molecule has 0 bridgehead atoms. The van der Waals surface area contributed by atoms with Crippen LogP contribution in [-0.4, -0.2) is 5.78 Å². The Hall–Kier alpha value is -2.15. The fourth-order valence-corrected chi connectivity index (χ4v) is 6.55. The highest BCUT2D eigenvalue weighted by molar-refractivity contribution is 5.97. The van der Waals surface area contributed by atoms with Crippen molar-refractivity contribution in [3.8, 4) is 0 Å². The van der Waals surface area contributed by atoms with Crippen LogP contribution in [0.25, 0.3) is 0 Å². The highest BCUT2D eigenvalue weighted by Gasteiger charge is 2.28. The van der Waals surface area contributed by atoms with Crippen molar-refractivity contribution in [3.63, 3.8) is 0 Å². The molecule has 0 saturated heterocycles. The van der Waals surface area contributed by atoms with Crippen molar-refractivity contribution >= 4 is 5.78 Å². The van der Waals surface area contributed by atoms with Gasteiger partial charge in [0.15, 0.2) is 5.78 Å². The first-order chi connectivity index (χ1) is 16.2. The minimum atomic E-state index is 0.163. The number of hydrogen-bond acceptors (Lipinski definition) is 1. The molecule has 5 aliphatic carbocycles. The van der Waals surface area contributed by atoms with Gasteiger partial charge in [-0.25, -0.2) is 0 Å². The summed E-state index contributed by atoms with van der Waals surface area (Å²) in [5, 5.41) is 0. The van der Waals surface area contributed by atoms with E-state index in [9.17, 15) is 4.79 Å². The SMILES string of the molecule is C=C(CCC1=CC2C=C(CCCC3CCCCC3)C=CC2=C1)C1=CC(=O)C2CCCCC2=C1. The second-order valence-electron chi connectivity index (χ2n) is 11.0. The van der Waals surface area contributed by atoms with Gasteiger partial charge < -0.3 is 0 Å². The van der Waals surface area contributed by atoms with E-state index < -0.39 is 0 Å². The molecule has 5 rings (SSSR count). The Morgan fingerprint density at radius 3 is 2.58 bits per heavy atom. The van der Waals surface area contributed by atoms with Gasteiger partial charge in [0.05, 0.1) is 0 Å². The van der Waals surface area contributed by atoms with E-state index in [1.807, 2.05) is 6.08 Å². The highest BCUT2D eigenvalue weighted by Crippen LogP contribution is 2.38. The molecule has 0 aromatic rings. The van der Waals surface area contributed by atoms with Crippen molar-refractivity contribution in [1.82, 2.24) is 0 Å². The molecule has 2 atom stereocenters. The quantitative estimate of drug-likeness (QED) is 0.369. The summed E-state index contributed by atoms with van der Waals surface area (Å²) in [4.78, 5) is 12.6. The fourth-order valence-electron chi connectivity index (χ4n) is 6.55. The molecule has 2 unspecified atom stereocenters. The van der Waals surface area contributed by atoms with E-state index in [1.54, 1.807) is 0 Å². The van der Waals surface area contributed by atoms with Crippen LogP contribution in [0, 0.1) is 17.8 Å². The molecule has 0 aliphatic heterocycles. The molecule has 0 aromatic carbocycles. The molecular weight excluding hydrogens is 400 g/mol. The Balaban J connectivity index is 1.12. The van der Waals surface area contributed by atoms with E-state index in [1.165, 1.54) is 86.5 Å². The highest BCUT2D eigenvalue weighted by atomic mass is 16.1. The first kappa shape index (κ1) is 22.6. The van der Waals surface area contributed by atoms with Crippen molar-refractivity contribution in [3.05, 3.63) is 82.5 Å². The van der Waals surface area contributed by atoms with Crippen LogP contribution in [0.1, 0.15) is 89.9 Å². The van der Waals surface area contributed by atoms with Gasteiger partial charge in [-0.1, -0.05) is 105 Å². The number of hydrogen-bond donors (Lipinski definition) is 0.